The van der Waals surface area contributed by atoms with E-state index in [1.165, 1.54) is 31.0 Å². The van der Waals surface area contributed by atoms with E-state index in [1.807, 2.05) is 37.6 Å². The first kappa shape index (κ1) is 25.1. The van der Waals surface area contributed by atoms with Crippen molar-refractivity contribution in [3.8, 4) is 0 Å². The van der Waals surface area contributed by atoms with Crippen molar-refractivity contribution in [3.05, 3.63) is 52.8 Å². The maximum Gasteiger partial charge on any atom is 0.339 e. The normalized spacial score (nSPS) is 14.9. The molecule has 1 N–H and O–H groups in total. The van der Waals surface area contributed by atoms with Crippen LogP contribution in [0.5, 0.6) is 0 Å². The van der Waals surface area contributed by atoms with E-state index < -0.39 is 5.97 Å². The van der Waals surface area contributed by atoms with Crippen molar-refractivity contribution in [1.29, 1.82) is 0 Å². The second kappa shape index (κ2) is 12.1. The fourth-order valence-electron chi connectivity index (χ4n) is 4.20. The van der Waals surface area contributed by atoms with Gasteiger partial charge in [-0.2, -0.15) is 0 Å². The summed E-state index contributed by atoms with van der Waals surface area (Å²) in [5.74, 6) is -0.563. The molecule has 1 aliphatic rings. The van der Waals surface area contributed by atoms with Crippen LogP contribution in [0.2, 0.25) is 0 Å². The highest BCUT2D eigenvalue weighted by Crippen LogP contribution is 2.24. The Bertz CT molecular complexity index is 990. The lowest BCUT2D eigenvalue weighted by atomic mass is 9.97. The predicted octanol–water partition coefficient (Wildman–Crippen LogP) is 5.00. The molecule has 1 aliphatic carbocycles. The number of aryl methyl sites for hydroxylation is 1. The van der Waals surface area contributed by atoms with Crippen LogP contribution < -0.4 is 5.32 Å². The number of benzene rings is 1. The monoisotopic (exact) mass is 470 g/mol. The van der Waals surface area contributed by atoms with Gasteiger partial charge < -0.3 is 14.6 Å². The van der Waals surface area contributed by atoms with Gasteiger partial charge in [0.2, 0.25) is 11.7 Å². The molecule has 0 atom stereocenters. The fraction of sp³-hybridized carbons (Fsp3) is 0.500. The highest BCUT2D eigenvalue weighted by molar-refractivity contribution is 8.00. The molecule has 0 bridgehead atoms. The smallest absolute Gasteiger partial charge is 0.339 e. The second-order valence-corrected chi connectivity index (χ2v) is 9.75. The van der Waals surface area contributed by atoms with Gasteiger partial charge in [-0.1, -0.05) is 44.2 Å². The Morgan fingerprint density at radius 3 is 2.36 bits per heavy atom. The van der Waals surface area contributed by atoms with Crippen molar-refractivity contribution in [2.24, 2.45) is 7.05 Å². The summed E-state index contributed by atoms with van der Waals surface area (Å²) in [5, 5.41) is 3.15. The Morgan fingerprint density at radius 2 is 1.70 bits per heavy atom. The number of nitrogens with one attached hydrogen (secondary N) is 1. The molecule has 0 saturated heterocycles. The highest BCUT2D eigenvalue weighted by atomic mass is 32.2. The lowest BCUT2D eigenvalue weighted by Gasteiger charge is -2.21. The molecule has 0 spiro atoms. The van der Waals surface area contributed by atoms with Gasteiger partial charge in [0, 0.05) is 34.9 Å². The van der Waals surface area contributed by atoms with Crippen LogP contribution in [0.25, 0.3) is 0 Å². The summed E-state index contributed by atoms with van der Waals surface area (Å²) < 4.78 is 7.26. The first-order valence-electron chi connectivity index (χ1n) is 11.7. The molecule has 0 radical (unpaired) electrons. The van der Waals surface area contributed by atoms with Crippen molar-refractivity contribution < 1.29 is 19.1 Å². The summed E-state index contributed by atoms with van der Waals surface area (Å²) in [6.07, 6.45) is 8.16. The van der Waals surface area contributed by atoms with Gasteiger partial charge in [-0.25, -0.2) is 4.79 Å². The zero-order valence-corrected chi connectivity index (χ0v) is 20.6. The maximum atomic E-state index is 12.7. The number of hydrogen-bond acceptors (Lipinski definition) is 5. The number of rotatable bonds is 8. The maximum absolute atomic E-state index is 12.7. The molecule has 2 aromatic rings. The molecule has 1 saturated carbocycles. The average molecular weight is 471 g/mol. The van der Waals surface area contributed by atoms with Gasteiger partial charge in [0.05, 0.1) is 11.3 Å². The molecule has 1 fully saturated rings. The van der Waals surface area contributed by atoms with Crippen molar-refractivity contribution in [2.45, 2.75) is 69.7 Å². The Labute approximate surface area is 200 Å². The van der Waals surface area contributed by atoms with Crippen LogP contribution in [0.1, 0.15) is 77.0 Å². The number of aromatic nitrogens is 1. The van der Waals surface area contributed by atoms with Crippen LogP contribution in [-0.4, -0.2) is 40.6 Å². The minimum Gasteiger partial charge on any atom is -0.454 e. The van der Waals surface area contributed by atoms with E-state index in [0.29, 0.717) is 16.0 Å². The SMILES string of the molecule is Cc1cc(C(=O)COC(=O)c2ccccc2SCC(=O)NC2CCCCCCC2)c(C)n1C. The summed E-state index contributed by atoms with van der Waals surface area (Å²) in [5.41, 5.74) is 2.76. The van der Waals surface area contributed by atoms with Crippen LogP contribution in [0.4, 0.5) is 0 Å². The zero-order valence-electron chi connectivity index (χ0n) is 19.8. The van der Waals surface area contributed by atoms with Crippen LogP contribution in [-0.2, 0) is 16.6 Å². The number of carbonyl (C=O) groups excluding carboxylic acids is 3. The van der Waals surface area contributed by atoms with Gasteiger partial charge in [0.25, 0.3) is 0 Å². The minimum atomic E-state index is -0.558. The van der Waals surface area contributed by atoms with Crippen LogP contribution >= 0.6 is 11.8 Å². The molecular weight excluding hydrogens is 436 g/mol. The van der Waals surface area contributed by atoms with Gasteiger partial charge in [0.15, 0.2) is 6.61 Å². The summed E-state index contributed by atoms with van der Waals surface area (Å²) in [6.45, 7) is 3.48. The lowest BCUT2D eigenvalue weighted by Crippen LogP contribution is -2.36. The molecule has 6 nitrogen and oxygen atoms in total. The summed E-state index contributed by atoms with van der Waals surface area (Å²) in [4.78, 5) is 38.4. The third-order valence-corrected chi connectivity index (χ3v) is 7.42. The summed E-state index contributed by atoms with van der Waals surface area (Å²) in [6, 6.07) is 9.10. The molecule has 1 amide bonds. The van der Waals surface area contributed by atoms with Crippen molar-refractivity contribution in [2.75, 3.05) is 12.4 Å². The van der Waals surface area contributed by atoms with Gasteiger partial charge >= 0.3 is 5.97 Å². The third kappa shape index (κ3) is 6.97. The molecule has 0 unspecified atom stereocenters. The van der Waals surface area contributed by atoms with Crippen molar-refractivity contribution >= 4 is 29.4 Å². The number of carbonyl (C=O) groups is 3. The number of esters is 1. The summed E-state index contributed by atoms with van der Waals surface area (Å²) >= 11 is 1.32. The molecule has 1 aromatic carbocycles. The molecule has 33 heavy (non-hydrogen) atoms. The van der Waals surface area contributed by atoms with Gasteiger partial charge in [-0.05, 0) is 44.9 Å². The molecule has 7 heteroatoms. The first-order valence-corrected chi connectivity index (χ1v) is 12.7. The van der Waals surface area contributed by atoms with Gasteiger partial charge in [0.1, 0.15) is 0 Å². The molecule has 0 aliphatic heterocycles. The number of ketones is 1. The Kier molecular flexibility index (Phi) is 9.18. The van der Waals surface area contributed by atoms with E-state index in [-0.39, 0.29) is 30.1 Å². The largest absolute Gasteiger partial charge is 0.454 e. The molecular formula is C26H34N2O4S. The van der Waals surface area contributed by atoms with Crippen molar-refractivity contribution in [3.63, 3.8) is 0 Å². The van der Waals surface area contributed by atoms with E-state index in [2.05, 4.69) is 5.32 Å². The predicted molar refractivity (Wildman–Crippen MR) is 131 cm³/mol. The number of hydrogen-bond donors (Lipinski definition) is 1. The number of amides is 1. The van der Waals surface area contributed by atoms with E-state index in [1.54, 1.807) is 18.2 Å². The van der Waals surface area contributed by atoms with Crippen LogP contribution in [0, 0.1) is 13.8 Å². The molecule has 178 valence electrons. The van der Waals surface area contributed by atoms with Crippen molar-refractivity contribution in [1.82, 2.24) is 9.88 Å². The minimum absolute atomic E-state index is 0.0150. The lowest BCUT2D eigenvalue weighted by molar-refractivity contribution is -0.119. The van der Waals surface area contributed by atoms with Crippen LogP contribution in [0.3, 0.4) is 0 Å². The zero-order chi connectivity index (χ0) is 23.8. The van der Waals surface area contributed by atoms with Gasteiger partial charge in [-0.15, -0.1) is 11.8 Å². The van der Waals surface area contributed by atoms with E-state index in [0.717, 1.165) is 37.1 Å². The fourth-order valence-corrected chi connectivity index (χ4v) is 5.05. The Balaban J connectivity index is 1.54. The number of nitrogens with zero attached hydrogens (tertiary/aromatic N) is 1. The number of thioether (sulfide) groups is 1. The summed E-state index contributed by atoms with van der Waals surface area (Å²) in [7, 11) is 1.90. The van der Waals surface area contributed by atoms with Crippen LogP contribution in [0.15, 0.2) is 35.2 Å². The first-order chi connectivity index (χ1) is 15.9. The van der Waals surface area contributed by atoms with E-state index in [4.69, 9.17) is 4.74 Å². The second-order valence-electron chi connectivity index (χ2n) is 8.74. The highest BCUT2D eigenvalue weighted by Gasteiger charge is 2.19. The Hall–Kier alpha value is -2.54. The molecule has 1 heterocycles. The quantitative estimate of drug-likeness (QED) is 0.334. The average Bonchev–Trinajstić information content (AvgIpc) is 3.05. The third-order valence-electron chi connectivity index (χ3n) is 6.35. The number of Topliss-reactive ketones (excluding diaryl/α,β-unsaturated/α-hetero) is 1. The topological polar surface area (TPSA) is 77.4 Å². The number of ether oxygens (including phenoxy) is 1. The van der Waals surface area contributed by atoms with Gasteiger partial charge in [-0.3, -0.25) is 9.59 Å². The standard InChI is InChI=1S/C26H34N2O4S/c1-18-15-22(19(2)28(18)3)23(29)16-32-26(31)21-13-9-10-14-24(21)33-17-25(30)27-20-11-7-5-4-6-8-12-20/h9-10,13-15,20H,4-8,11-12,16-17H2,1-3H3,(H,27,30). The molecule has 3 rings (SSSR count). The Morgan fingerprint density at radius 1 is 1.03 bits per heavy atom. The van der Waals surface area contributed by atoms with E-state index in [9.17, 15) is 14.4 Å². The van der Waals surface area contributed by atoms with E-state index >= 15 is 0 Å². The molecule has 1 aromatic heterocycles.